The average Bonchev–Trinajstić information content (AvgIpc) is 2.61. The van der Waals surface area contributed by atoms with Gasteiger partial charge in [0.25, 0.3) is 0 Å². The Labute approximate surface area is 149 Å². The number of alkyl halides is 1. The molecule has 0 bridgehead atoms. The number of nitrogens with one attached hydrogen (secondary N) is 1. The lowest BCUT2D eigenvalue weighted by atomic mass is 9.88. The van der Waals surface area contributed by atoms with Crippen molar-refractivity contribution in [3.8, 4) is 0 Å². The Bertz CT molecular complexity index is 736. The monoisotopic (exact) mass is 342 g/mol. The van der Waals surface area contributed by atoms with Crippen LogP contribution in [0.1, 0.15) is 32.3 Å². The summed E-state index contributed by atoms with van der Waals surface area (Å²) in [5, 5.41) is 5.58. The van der Waals surface area contributed by atoms with Crippen molar-refractivity contribution >= 4 is 16.7 Å². The van der Waals surface area contributed by atoms with Crippen molar-refractivity contribution in [1.82, 2.24) is 10.2 Å². The van der Waals surface area contributed by atoms with Crippen LogP contribution in [0.4, 0.5) is 4.39 Å². The largest absolute Gasteiger partial charge is 0.347 e. The number of amides is 1. The second-order valence-electron chi connectivity index (χ2n) is 7.47. The highest BCUT2D eigenvalue weighted by molar-refractivity contribution is 5.87. The number of halogens is 1. The van der Waals surface area contributed by atoms with E-state index in [1.807, 2.05) is 18.2 Å². The molecule has 2 aromatic rings. The molecule has 1 aliphatic heterocycles. The lowest BCUT2D eigenvalue weighted by Gasteiger charge is -2.35. The van der Waals surface area contributed by atoms with Gasteiger partial charge in [-0.05, 0) is 49.6 Å². The fourth-order valence-electron chi connectivity index (χ4n) is 3.84. The number of carbonyl (C=O) groups is 1. The Morgan fingerprint density at radius 3 is 2.80 bits per heavy atom. The molecule has 0 spiro atoms. The van der Waals surface area contributed by atoms with E-state index < -0.39 is 5.54 Å². The summed E-state index contributed by atoms with van der Waals surface area (Å²) in [7, 11) is 0. The first-order valence-corrected chi connectivity index (χ1v) is 9.10. The summed E-state index contributed by atoms with van der Waals surface area (Å²) in [6.45, 7) is 5.72. The van der Waals surface area contributed by atoms with Gasteiger partial charge in [0.15, 0.2) is 0 Å². The van der Waals surface area contributed by atoms with Crippen LogP contribution < -0.4 is 5.32 Å². The molecule has 0 saturated carbocycles. The summed E-state index contributed by atoms with van der Waals surface area (Å²) in [5.41, 5.74) is 0.663. The van der Waals surface area contributed by atoms with E-state index in [2.05, 4.69) is 48.3 Å². The lowest BCUT2D eigenvalue weighted by Crippen LogP contribution is -2.49. The molecule has 2 aromatic carbocycles. The SMILES string of the molecule is CC(C)(NC(=O)[C@@H]1CCCN(CCF)C1)c1cccc2ccccc12. The van der Waals surface area contributed by atoms with Gasteiger partial charge in [-0.3, -0.25) is 9.69 Å². The van der Waals surface area contributed by atoms with Gasteiger partial charge in [-0.2, -0.15) is 0 Å². The molecular formula is C21H27FN2O. The molecule has 0 aliphatic carbocycles. The van der Waals surface area contributed by atoms with Crippen LogP contribution >= 0.6 is 0 Å². The van der Waals surface area contributed by atoms with Crippen LogP contribution in [0.5, 0.6) is 0 Å². The van der Waals surface area contributed by atoms with Crippen molar-refractivity contribution in [1.29, 1.82) is 0 Å². The number of benzene rings is 2. The number of carbonyl (C=O) groups excluding carboxylic acids is 1. The molecule has 3 nitrogen and oxygen atoms in total. The zero-order valence-electron chi connectivity index (χ0n) is 15.1. The van der Waals surface area contributed by atoms with E-state index in [1.54, 1.807) is 0 Å². The molecule has 1 fully saturated rings. The first-order chi connectivity index (χ1) is 12.0. The Balaban J connectivity index is 1.77. The molecule has 134 valence electrons. The molecule has 1 N–H and O–H groups in total. The van der Waals surface area contributed by atoms with Gasteiger partial charge in [0.2, 0.25) is 5.91 Å². The Hall–Kier alpha value is -1.94. The van der Waals surface area contributed by atoms with Crippen LogP contribution in [0.15, 0.2) is 42.5 Å². The van der Waals surface area contributed by atoms with Crippen LogP contribution in [0.3, 0.4) is 0 Å². The molecule has 3 rings (SSSR count). The number of fused-ring (bicyclic) bond motifs is 1. The Morgan fingerprint density at radius 2 is 2.00 bits per heavy atom. The number of piperidine rings is 1. The van der Waals surface area contributed by atoms with Gasteiger partial charge in [0.1, 0.15) is 6.67 Å². The van der Waals surface area contributed by atoms with Gasteiger partial charge in [-0.1, -0.05) is 42.5 Å². The van der Waals surface area contributed by atoms with E-state index in [0.29, 0.717) is 13.1 Å². The Morgan fingerprint density at radius 1 is 1.24 bits per heavy atom. The molecule has 0 aromatic heterocycles. The van der Waals surface area contributed by atoms with E-state index in [9.17, 15) is 9.18 Å². The van der Waals surface area contributed by atoms with Crippen LogP contribution in [0.25, 0.3) is 10.8 Å². The third kappa shape index (κ3) is 4.01. The minimum atomic E-state index is -0.458. The lowest BCUT2D eigenvalue weighted by molar-refractivity contribution is -0.128. The molecule has 1 atom stereocenters. The molecule has 4 heteroatoms. The summed E-state index contributed by atoms with van der Waals surface area (Å²) in [6.07, 6.45) is 1.83. The minimum Gasteiger partial charge on any atom is -0.347 e. The zero-order valence-corrected chi connectivity index (χ0v) is 15.1. The topological polar surface area (TPSA) is 32.3 Å². The van der Waals surface area contributed by atoms with Gasteiger partial charge < -0.3 is 5.32 Å². The quantitative estimate of drug-likeness (QED) is 0.894. The van der Waals surface area contributed by atoms with Crippen LogP contribution in [0, 0.1) is 5.92 Å². The van der Waals surface area contributed by atoms with Crippen molar-refractivity contribution in [2.75, 3.05) is 26.3 Å². The van der Waals surface area contributed by atoms with Crippen molar-refractivity contribution in [2.24, 2.45) is 5.92 Å². The third-order valence-electron chi connectivity index (χ3n) is 5.18. The molecule has 0 unspecified atom stereocenters. The van der Waals surface area contributed by atoms with E-state index in [4.69, 9.17) is 0 Å². The predicted molar refractivity (Wildman–Crippen MR) is 100 cm³/mol. The highest BCUT2D eigenvalue weighted by Gasteiger charge is 2.31. The highest BCUT2D eigenvalue weighted by atomic mass is 19.1. The van der Waals surface area contributed by atoms with Crippen LogP contribution in [-0.4, -0.2) is 37.1 Å². The summed E-state index contributed by atoms with van der Waals surface area (Å²) in [4.78, 5) is 14.9. The summed E-state index contributed by atoms with van der Waals surface area (Å²) in [6, 6.07) is 14.5. The number of likely N-dealkylation sites (tertiary alicyclic amines) is 1. The Kier molecular flexibility index (Phi) is 5.38. The van der Waals surface area contributed by atoms with Crippen molar-refractivity contribution in [2.45, 2.75) is 32.2 Å². The molecule has 0 radical (unpaired) electrons. The average molecular weight is 342 g/mol. The van der Waals surface area contributed by atoms with Gasteiger partial charge >= 0.3 is 0 Å². The third-order valence-corrected chi connectivity index (χ3v) is 5.18. The highest BCUT2D eigenvalue weighted by Crippen LogP contribution is 2.29. The summed E-state index contributed by atoms with van der Waals surface area (Å²) in [5.74, 6) is 0.0102. The van der Waals surface area contributed by atoms with Gasteiger partial charge in [0, 0.05) is 13.1 Å². The number of rotatable bonds is 5. The molecular weight excluding hydrogens is 315 g/mol. The summed E-state index contributed by atoms with van der Waals surface area (Å²) >= 11 is 0. The fraction of sp³-hybridized carbons (Fsp3) is 0.476. The summed E-state index contributed by atoms with van der Waals surface area (Å²) < 4.78 is 12.6. The minimum absolute atomic E-state index is 0.0606. The maximum absolute atomic E-state index is 12.8. The molecule has 1 saturated heterocycles. The van der Waals surface area contributed by atoms with Gasteiger partial charge in [0.05, 0.1) is 11.5 Å². The van der Waals surface area contributed by atoms with Crippen LogP contribution in [-0.2, 0) is 10.3 Å². The second-order valence-corrected chi connectivity index (χ2v) is 7.47. The normalized spacial score (nSPS) is 19.1. The van der Waals surface area contributed by atoms with E-state index in [0.717, 1.165) is 30.3 Å². The molecule has 1 heterocycles. The zero-order chi connectivity index (χ0) is 17.9. The number of nitrogens with zero attached hydrogens (tertiary/aromatic N) is 1. The molecule has 1 amide bonds. The first-order valence-electron chi connectivity index (χ1n) is 9.10. The maximum Gasteiger partial charge on any atom is 0.225 e. The number of hydrogen-bond acceptors (Lipinski definition) is 2. The van der Waals surface area contributed by atoms with Crippen molar-refractivity contribution in [3.05, 3.63) is 48.0 Å². The molecule has 1 aliphatic rings. The first kappa shape index (κ1) is 17.9. The second kappa shape index (κ2) is 7.52. The van der Waals surface area contributed by atoms with Crippen molar-refractivity contribution < 1.29 is 9.18 Å². The van der Waals surface area contributed by atoms with Gasteiger partial charge in [-0.25, -0.2) is 4.39 Å². The van der Waals surface area contributed by atoms with Gasteiger partial charge in [-0.15, -0.1) is 0 Å². The van der Waals surface area contributed by atoms with E-state index in [-0.39, 0.29) is 18.5 Å². The predicted octanol–water partition coefficient (Wildman–Crippen LogP) is 3.87. The maximum atomic E-state index is 12.8. The molecule has 25 heavy (non-hydrogen) atoms. The fourth-order valence-corrected chi connectivity index (χ4v) is 3.84. The van der Waals surface area contributed by atoms with Crippen LogP contribution in [0.2, 0.25) is 0 Å². The van der Waals surface area contributed by atoms with E-state index in [1.165, 1.54) is 5.39 Å². The smallest absolute Gasteiger partial charge is 0.225 e. The van der Waals surface area contributed by atoms with Crippen molar-refractivity contribution in [3.63, 3.8) is 0 Å². The standard InChI is InChI=1S/C21H27FN2O/c1-21(2,19-11-5-8-16-7-3-4-10-18(16)19)23-20(25)17-9-6-13-24(15-17)14-12-22/h3-5,7-8,10-11,17H,6,9,12-15H2,1-2H3,(H,23,25)/t17-/m1/s1. The number of hydrogen-bond donors (Lipinski definition) is 1. The van der Waals surface area contributed by atoms with E-state index >= 15 is 0 Å².